The highest BCUT2D eigenvalue weighted by molar-refractivity contribution is 5.79. The number of pyridine rings is 1. The smallest absolute Gasteiger partial charge is 0.153 e. The van der Waals surface area contributed by atoms with Crippen LogP contribution < -0.4 is 0 Å². The molecular formula is C14H14N2O. The summed E-state index contributed by atoms with van der Waals surface area (Å²) < 4.78 is 5.90. The van der Waals surface area contributed by atoms with Gasteiger partial charge in [0.15, 0.2) is 5.58 Å². The molecule has 86 valence electrons. The number of furan rings is 1. The van der Waals surface area contributed by atoms with Gasteiger partial charge in [-0.1, -0.05) is 0 Å². The second-order valence-corrected chi connectivity index (χ2v) is 4.89. The van der Waals surface area contributed by atoms with Crippen LogP contribution >= 0.6 is 0 Å². The molecular weight excluding hydrogens is 212 g/mol. The molecule has 5 rings (SSSR count). The molecule has 3 heteroatoms. The Labute approximate surface area is 99.7 Å². The van der Waals surface area contributed by atoms with Gasteiger partial charge in [0.25, 0.3) is 0 Å². The third kappa shape index (κ3) is 1.38. The molecule has 0 aromatic carbocycles. The van der Waals surface area contributed by atoms with Gasteiger partial charge in [0.2, 0.25) is 0 Å². The number of fused-ring (bicyclic) bond motifs is 3. The van der Waals surface area contributed by atoms with Gasteiger partial charge < -0.3 is 9.32 Å². The third-order valence-corrected chi connectivity index (χ3v) is 3.86. The molecule has 2 aromatic heterocycles. The van der Waals surface area contributed by atoms with E-state index in [2.05, 4.69) is 22.2 Å². The van der Waals surface area contributed by atoms with Crippen LogP contribution in [0.5, 0.6) is 0 Å². The molecule has 2 aromatic rings. The lowest BCUT2D eigenvalue weighted by Gasteiger charge is -2.38. The molecule has 1 saturated heterocycles. The lowest BCUT2D eigenvalue weighted by atomic mass is 9.85. The molecule has 17 heavy (non-hydrogen) atoms. The predicted molar refractivity (Wildman–Crippen MR) is 66.3 cm³/mol. The van der Waals surface area contributed by atoms with E-state index >= 15 is 0 Å². The van der Waals surface area contributed by atoms with Gasteiger partial charge in [-0.3, -0.25) is 4.98 Å². The standard InChI is InChI=1S/C14H14N2O/c1-2-13-12(15-5-1)8-14(17-13)11-9-16-6-3-10(11)4-7-16/h1-2,5,8-10H,3-4,6-7H2. The summed E-state index contributed by atoms with van der Waals surface area (Å²) >= 11 is 0. The van der Waals surface area contributed by atoms with Gasteiger partial charge in [-0.25, -0.2) is 0 Å². The molecule has 0 amide bonds. The number of piperidine rings is 1. The lowest BCUT2D eigenvalue weighted by Crippen LogP contribution is -2.35. The molecule has 3 nitrogen and oxygen atoms in total. The molecule has 3 aliphatic heterocycles. The maximum atomic E-state index is 5.90. The topological polar surface area (TPSA) is 29.3 Å². The Bertz CT molecular complexity index is 558. The number of rotatable bonds is 1. The number of allylic oxidation sites excluding steroid dienone is 1. The summed E-state index contributed by atoms with van der Waals surface area (Å²) in [5.41, 5.74) is 3.21. The summed E-state index contributed by atoms with van der Waals surface area (Å²) in [5, 5.41) is 0. The fourth-order valence-electron chi connectivity index (χ4n) is 2.92. The Balaban J connectivity index is 1.84. The van der Waals surface area contributed by atoms with Crippen molar-refractivity contribution in [1.82, 2.24) is 9.88 Å². The first-order valence-corrected chi connectivity index (χ1v) is 6.21. The van der Waals surface area contributed by atoms with E-state index in [1.165, 1.54) is 31.5 Å². The van der Waals surface area contributed by atoms with Crippen molar-refractivity contribution in [2.24, 2.45) is 5.92 Å². The molecule has 1 fully saturated rings. The molecule has 0 atom stereocenters. The van der Waals surface area contributed by atoms with Crippen molar-refractivity contribution in [3.63, 3.8) is 0 Å². The van der Waals surface area contributed by atoms with Crippen LogP contribution in [0.2, 0.25) is 0 Å². The highest BCUT2D eigenvalue weighted by atomic mass is 16.3. The van der Waals surface area contributed by atoms with Crippen molar-refractivity contribution in [2.75, 3.05) is 13.1 Å². The van der Waals surface area contributed by atoms with Gasteiger partial charge >= 0.3 is 0 Å². The maximum Gasteiger partial charge on any atom is 0.153 e. The largest absolute Gasteiger partial charge is 0.455 e. The van der Waals surface area contributed by atoms with Crippen molar-refractivity contribution in [3.05, 3.63) is 36.4 Å². The molecule has 0 radical (unpaired) electrons. The Morgan fingerprint density at radius 1 is 1.29 bits per heavy atom. The summed E-state index contributed by atoms with van der Waals surface area (Å²) in [5.74, 6) is 1.69. The van der Waals surface area contributed by atoms with Crippen LogP contribution in [0.25, 0.3) is 16.7 Å². The highest BCUT2D eigenvalue weighted by Crippen LogP contribution is 2.38. The molecule has 3 aliphatic rings. The zero-order chi connectivity index (χ0) is 11.2. The molecule has 5 heterocycles. The van der Waals surface area contributed by atoms with Crippen LogP contribution in [0.3, 0.4) is 0 Å². The SMILES string of the molecule is C1=C(c2cc3ncccc3o2)C2CCN1CC2. The summed E-state index contributed by atoms with van der Waals surface area (Å²) in [4.78, 5) is 6.72. The van der Waals surface area contributed by atoms with Crippen molar-refractivity contribution in [2.45, 2.75) is 12.8 Å². The molecule has 0 N–H and O–H groups in total. The van der Waals surface area contributed by atoms with E-state index in [9.17, 15) is 0 Å². The minimum absolute atomic E-state index is 0.681. The van der Waals surface area contributed by atoms with Crippen molar-refractivity contribution < 1.29 is 4.42 Å². The Morgan fingerprint density at radius 3 is 2.88 bits per heavy atom. The van der Waals surface area contributed by atoms with Crippen LogP contribution in [0.1, 0.15) is 18.6 Å². The third-order valence-electron chi connectivity index (χ3n) is 3.86. The average molecular weight is 226 g/mol. The minimum atomic E-state index is 0.681. The molecule has 0 aliphatic carbocycles. The van der Waals surface area contributed by atoms with E-state index in [0.29, 0.717) is 5.92 Å². The fraction of sp³-hybridized carbons (Fsp3) is 0.357. The van der Waals surface area contributed by atoms with E-state index in [4.69, 9.17) is 4.42 Å². The molecule has 0 unspecified atom stereocenters. The van der Waals surface area contributed by atoms with Crippen molar-refractivity contribution in [1.29, 1.82) is 0 Å². The van der Waals surface area contributed by atoms with Gasteiger partial charge in [0.1, 0.15) is 11.3 Å². The quantitative estimate of drug-likeness (QED) is 0.748. The second-order valence-electron chi connectivity index (χ2n) is 4.89. The molecule has 0 spiro atoms. The van der Waals surface area contributed by atoms with Crippen molar-refractivity contribution >= 4 is 16.7 Å². The second kappa shape index (κ2) is 3.36. The summed E-state index contributed by atoms with van der Waals surface area (Å²) in [6.45, 7) is 2.40. The van der Waals surface area contributed by atoms with Crippen LogP contribution in [-0.4, -0.2) is 23.0 Å². The van der Waals surface area contributed by atoms with E-state index < -0.39 is 0 Å². The summed E-state index contributed by atoms with van der Waals surface area (Å²) in [6.07, 6.45) is 6.61. The summed E-state index contributed by atoms with van der Waals surface area (Å²) in [7, 11) is 0. The molecule has 0 saturated carbocycles. The van der Waals surface area contributed by atoms with E-state index in [0.717, 1.165) is 16.9 Å². The minimum Gasteiger partial charge on any atom is -0.455 e. The van der Waals surface area contributed by atoms with E-state index in [1.54, 1.807) is 0 Å². The predicted octanol–water partition coefficient (Wildman–Crippen LogP) is 2.89. The molecule has 2 bridgehead atoms. The normalized spacial score (nSPS) is 20.0. The Hall–Kier alpha value is -1.77. The van der Waals surface area contributed by atoms with Crippen LogP contribution in [0, 0.1) is 5.92 Å². The fourth-order valence-corrected chi connectivity index (χ4v) is 2.92. The first-order valence-electron chi connectivity index (χ1n) is 6.21. The Kier molecular flexibility index (Phi) is 1.83. The van der Waals surface area contributed by atoms with Crippen LogP contribution in [-0.2, 0) is 0 Å². The summed E-state index contributed by atoms with van der Waals surface area (Å²) in [6, 6.07) is 5.97. The average Bonchev–Trinajstić information content (AvgIpc) is 2.83. The zero-order valence-electron chi connectivity index (χ0n) is 9.60. The van der Waals surface area contributed by atoms with Gasteiger partial charge in [-0.15, -0.1) is 0 Å². The number of aromatic nitrogens is 1. The monoisotopic (exact) mass is 226 g/mol. The first kappa shape index (κ1) is 9.28. The number of hydrogen-bond donors (Lipinski definition) is 0. The zero-order valence-corrected chi connectivity index (χ0v) is 9.60. The Morgan fingerprint density at radius 2 is 2.18 bits per heavy atom. The van der Waals surface area contributed by atoms with Crippen molar-refractivity contribution in [3.8, 4) is 0 Å². The van der Waals surface area contributed by atoms with Crippen LogP contribution in [0.15, 0.2) is 35.0 Å². The lowest BCUT2D eigenvalue weighted by molar-refractivity contribution is 0.250. The number of hydrogen-bond acceptors (Lipinski definition) is 3. The number of nitrogens with zero attached hydrogens (tertiary/aromatic N) is 2. The van der Waals surface area contributed by atoms with Gasteiger partial charge in [-0.05, 0) is 30.9 Å². The van der Waals surface area contributed by atoms with Gasteiger partial charge in [0, 0.05) is 37.1 Å². The maximum absolute atomic E-state index is 5.90. The van der Waals surface area contributed by atoms with E-state index in [-0.39, 0.29) is 0 Å². The van der Waals surface area contributed by atoms with E-state index in [1.807, 2.05) is 18.3 Å². The van der Waals surface area contributed by atoms with Crippen LogP contribution in [0.4, 0.5) is 0 Å². The first-order chi connectivity index (χ1) is 8.40. The van der Waals surface area contributed by atoms with Gasteiger partial charge in [-0.2, -0.15) is 0 Å². The van der Waals surface area contributed by atoms with Gasteiger partial charge in [0.05, 0.1) is 0 Å². The highest BCUT2D eigenvalue weighted by Gasteiger charge is 2.29.